The summed E-state index contributed by atoms with van der Waals surface area (Å²) in [5, 5.41) is 5.46. The van der Waals surface area contributed by atoms with Crippen LogP contribution in [0.25, 0.3) is 0 Å². The molecule has 0 aliphatic carbocycles. The molecule has 2 N–H and O–H groups in total. The highest BCUT2D eigenvalue weighted by Gasteiger charge is 2.40. The first-order valence-electron chi connectivity index (χ1n) is 9.38. The van der Waals surface area contributed by atoms with E-state index in [4.69, 9.17) is 0 Å². The predicted molar refractivity (Wildman–Crippen MR) is 112 cm³/mol. The maximum atomic E-state index is 12.6. The zero-order valence-electron chi connectivity index (χ0n) is 16.9. The van der Waals surface area contributed by atoms with Crippen molar-refractivity contribution in [2.24, 2.45) is 0 Å². The van der Waals surface area contributed by atoms with Crippen LogP contribution in [-0.2, 0) is 14.8 Å². The Balaban J connectivity index is 1.70. The van der Waals surface area contributed by atoms with E-state index < -0.39 is 27.4 Å². The number of hydrogen-bond donors (Lipinski definition) is 2. The molecule has 0 bridgehead atoms. The molecule has 1 aliphatic heterocycles. The van der Waals surface area contributed by atoms with Gasteiger partial charge >= 0.3 is 0 Å². The highest BCUT2D eigenvalue weighted by Crippen LogP contribution is 2.30. The average Bonchev–Trinajstić information content (AvgIpc) is 2.85. The fraction of sp³-hybridized carbons (Fsp3) is 0.286. The van der Waals surface area contributed by atoms with Gasteiger partial charge in [0.25, 0.3) is 21.8 Å². The van der Waals surface area contributed by atoms with Gasteiger partial charge in [0.05, 0.1) is 16.8 Å². The molecule has 30 heavy (non-hydrogen) atoms. The number of nitrogens with one attached hydrogen (secondary N) is 2. The van der Waals surface area contributed by atoms with Crippen molar-refractivity contribution in [3.63, 3.8) is 0 Å². The summed E-state index contributed by atoms with van der Waals surface area (Å²) in [4.78, 5) is 37.3. The molecule has 0 saturated heterocycles. The van der Waals surface area contributed by atoms with Crippen molar-refractivity contribution in [1.29, 1.82) is 0 Å². The summed E-state index contributed by atoms with van der Waals surface area (Å²) in [7, 11) is -3.97. The molecule has 2 aromatic rings. The smallest absolute Gasteiger partial charge is 0.269 e. The summed E-state index contributed by atoms with van der Waals surface area (Å²) < 4.78 is 25.8. The Hall–Kier alpha value is -3.20. The molecule has 0 unspecified atom stereocenters. The third-order valence-electron chi connectivity index (χ3n) is 4.39. The van der Waals surface area contributed by atoms with Crippen LogP contribution in [0, 0.1) is 0 Å². The molecular formula is C21H23N3O5S. The number of carbonyl (C=O) groups is 3. The van der Waals surface area contributed by atoms with Gasteiger partial charge in [0.15, 0.2) is 0 Å². The van der Waals surface area contributed by atoms with E-state index >= 15 is 0 Å². The maximum Gasteiger partial charge on any atom is 0.269 e. The van der Waals surface area contributed by atoms with E-state index in [9.17, 15) is 22.8 Å². The predicted octanol–water partition coefficient (Wildman–Crippen LogP) is 2.39. The Morgan fingerprint density at radius 1 is 1.00 bits per heavy atom. The van der Waals surface area contributed by atoms with Gasteiger partial charge < -0.3 is 10.6 Å². The number of para-hydroxylation sites is 1. The Morgan fingerprint density at radius 3 is 2.30 bits per heavy atom. The number of hydrogen-bond acceptors (Lipinski definition) is 5. The first-order valence-corrected chi connectivity index (χ1v) is 10.8. The van der Waals surface area contributed by atoms with Crippen molar-refractivity contribution >= 4 is 33.4 Å². The third-order valence-corrected chi connectivity index (χ3v) is 6.23. The number of amides is 3. The number of nitrogens with zero attached hydrogens (tertiary/aromatic N) is 1. The quantitative estimate of drug-likeness (QED) is 0.758. The first kappa shape index (κ1) is 21.5. The van der Waals surface area contributed by atoms with Gasteiger partial charge in [0, 0.05) is 18.5 Å². The minimum atomic E-state index is -3.97. The molecule has 0 saturated carbocycles. The Labute approximate surface area is 175 Å². The summed E-state index contributed by atoms with van der Waals surface area (Å²) >= 11 is 0. The summed E-state index contributed by atoms with van der Waals surface area (Å²) in [6, 6.07) is 12.5. The molecule has 3 rings (SSSR count). The van der Waals surface area contributed by atoms with Gasteiger partial charge in [-0.3, -0.25) is 14.4 Å². The second kappa shape index (κ2) is 7.91. The van der Waals surface area contributed by atoms with E-state index in [2.05, 4.69) is 10.6 Å². The third kappa shape index (κ3) is 4.35. The molecule has 3 amide bonds. The van der Waals surface area contributed by atoms with Gasteiger partial charge in [-0.15, -0.1) is 0 Å². The lowest BCUT2D eigenvalue weighted by Gasteiger charge is -2.21. The van der Waals surface area contributed by atoms with Crippen LogP contribution in [0.3, 0.4) is 0 Å². The van der Waals surface area contributed by atoms with Gasteiger partial charge in [-0.25, -0.2) is 12.7 Å². The van der Waals surface area contributed by atoms with Gasteiger partial charge in [-0.1, -0.05) is 24.3 Å². The topological polar surface area (TPSA) is 113 Å². The number of benzene rings is 2. The minimum Gasteiger partial charge on any atom is -0.347 e. The zero-order valence-corrected chi connectivity index (χ0v) is 17.7. The molecule has 1 aliphatic rings. The molecule has 0 spiro atoms. The summed E-state index contributed by atoms with van der Waals surface area (Å²) in [6.07, 6.45) is -0.242. The summed E-state index contributed by atoms with van der Waals surface area (Å²) in [5.41, 5.74) is 0.247. The normalized spacial score (nSPS) is 14.9. The number of sulfonamides is 1. The second-order valence-electron chi connectivity index (χ2n) is 7.93. The number of fused-ring (bicyclic) bond motifs is 1. The van der Waals surface area contributed by atoms with E-state index in [1.807, 2.05) is 20.8 Å². The number of carbonyl (C=O) groups excluding carboxylic acids is 3. The molecule has 2 aromatic carbocycles. The average molecular weight is 429 g/mol. The second-order valence-corrected chi connectivity index (χ2v) is 9.76. The first-order chi connectivity index (χ1) is 14.0. The molecule has 0 aromatic heterocycles. The Kier molecular flexibility index (Phi) is 5.67. The van der Waals surface area contributed by atoms with Gasteiger partial charge in [-0.2, -0.15) is 0 Å². The van der Waals surface area contributed by atoms with Crippen molar-refractivity contribution in [1.82, 2.24) is 9.62 Å². The largest absolute Gasteiger partial charge is 0.347 e. The van der Waals surface area contributed by atoms with Crippen LogP contribution in [0.4, 0.5) is 5.69 Å². The maximum absolute atomic E-state index is 12.6. The molecule has 158 valence electrons. The summed E-state index contributed by atoms with van der Waals surface area (Å²) in [5.74, 6) is -1.50. The van der Waals surface area contributed by atoms with Gasteiger partial charge in [-0.05, 0) is 45.0 Å². The Bertz CT molecular complexity index is 1120. The van der Waals surface area contributed by atoms with Crippen molar-refractivity contribution in [3.05, 3.63) is 59.7 Å². The van der Waals surface area contributed by atoms with E-state index in [0.717, 1.165) is 0 Å². The molecule has 1 heterocycles. The van der Waals surface area contributed by atoms with E-state index in [0.29, 0.717) is 9.99 Å². The Morgan fingerprint density at radius 2 is 1.63 bits per heavy atom. The lowest BCUT2D eigenvalue weighted by molar-refractivity contribution is -0.116. The van der Waals surface area contributed by atoms with Gasteiger partial charge in [0.1, 0.15) is 4.90 Å². The van der Waals surface area contributed by atoms with Crippen molar-refractivity contribution in [2.45, 2.75) is 37.6 Å². The van der Waals surface area contributed by atoms with Crippen LogP contribution in [-0.4, -0.2) is 42.5 Å². The SMILES string of the molecule is CC(C)(C)NC(=O)c1ccccc1NC(=O)CCN1C(=O)c2ccccc2S1(=O)=O. The highest BCUT2D eigenvalue weighted by atomic mass is 32.2. The van der Waals surface area contributed by atoms with Gasteiger partial charge in [0.2, 0.25) is 5.91 Å². The van der Waals surface area contributed by atoms with Crippen LogP contribution in [0.15, 0.2) is 53.4 Å². The number of rotatable bonds is 5. The highest BCUT2D eigenvalue weighted by molar-refractivity contribution is 7.90. The lowest BCUT2D eigenvalue weighted by atomic mass is 10.1. The molecule has 0 radical (unpaired) electrons. The van der Waals surface area contributed by atoms with Crippen molar-refractivity contribution in [2.75, 3.05) is 11.9 Å². The van der Waals surface area contributed by atoms with E-state index in [1.165, 1.54) is 12.1 Å². The van der Waals surface area contributed by atoms with Crippen LogP contribution in [0.1, 0.15) is 47.9 Å². The van der Waals surface area contributed by atoms with Crippen LogP contribution >= 0.6 is 0 Å². The van der Waals surface area contributed by atoms with Crippen LogP contribution in [0.5, 0.6) is 0 Å². The minimum absolute atomic E-state index is 0.0559. The molecule has 8 nitrogen and oxygen atoms in total. The molecule has 0 atom stereocenters. The fourth-order valence-electron chi connectivity index (χ4n) is 3.07. The molecule has 9 heteroatoms. The van der Waals surface area contributed by atoms with E-state index in [1.54, 1.807) is 36.4 Å². The monoisotopic (exact) mass is 429 g/mol. The molecule has 0 fully saturated rings. The zero-order chi connectivity index (χ0) is 22.1. The summed E-state index contributed by atoms with van der Waals surface area (Å²) in [6.45, 7) is 5.24. The van der Waals surface area contributed by atoms with Crippen LogP contribution < -0.4 is 10.6 Å². The molecular weight excluding hydrogens is 406 g/mol. The fourth-order valence-corrected chi connectivity index (χ4v) is 4.64. The number of anilines is 1. The van der Waals surface area contributed by atoms with Crippen molar-refractivity contribution in [3.8, 4) is 0 Å². The van der Waals surface area contributed by atoms with Crippen molar-refractivity contribution < 1.29 is 22.8 Å². The van der Waals surface area contributed by atoms with Crippen LogP contribution in [0.2, 0.25) is 0 Å². The van der Waals surface area contributed by atoms with E-state index in [-0.39, 0.29) is 34.9 Å². The standard InChI is InChI=1S/C21H23N3O5S/c1-21(2,3)23-19(26)14-8-4-6-10-16(14)22-18(25)12-13-24-20(27)15-9-5-7-11-17(15)30(24,28)29/h4-11H,12-13H2,1-3H3,(H,22,25)(H,23,26). The lowest BCUT2D eigenvalue weighted by Crippen LogP contribution is -2.41.